The number of fused-ring (bicyclic) bond motifs is 1. The molecule has 2 saturated heterocycles. The first-order valence-corrected chi connectivity index (χ1v) is 15.5. The van der Waals surface area contributed by atoms with Crippen LogP contribution in [0, 0.1) is 5.92 Å². The van der Waals surface area contributed by atoms with Crippen molar-refractivity contribution in [1.29, 1.82) is 0 Å². The van der Waals surface area contributed by atoms with Gasteiger partial charge < -0.3 is 19.7 Å². The van der Waals surface area contributed by atoms with Gasteiger partial charge in [0.1, 0.15) is 11.9 Å². The highest BCUT2D eigenvalue weighted by Gasteiger charge is 2.30. The first-order valence-electron chi connectivity index (χ1n) is 15.5. The monoisotopic (exact) mass is 597 g/mol. The first-order chi connectivity index (χ1) is 20.9. The summed E-state index contributed by atoms with van der Waals surface area (Å²) in [7, 11) is 0. The molecule has 232 valence electrons. The summed E-state index contributed by atoms with van der Waals surface area (Å²) in [5, 5.41) is 3.24. The Labute approximate surface area is 250 Å². The van der Waals surface area contributed by atoms with Crippen LogP contribution in [-0.4, -0.2) is 87.9 Å². The minimum Gasteiger partial charge on any atom is -0.474 e. The Morgan fingerprint density at radius 1 is 1.05 bits per heavy atom. The van der Waals surface area contributed by atoms with Gasteiger partial charge in [-0.15, -0.1) is 0 Å². The van der Waals surface area contributed by atoms with Gasteiger partial charge in [0.15, 0.2) is 5.82 Å². The predicted molar refractivity (Wildman–Crippen MR) is 159 cm³/mol. The highest BCUT2D eigenvalue weighted by molar-refractivity contribution is 5.79. The van der Waals surface area contributed by atoms with Crippen LogP contribution in [-0.2, 0) is 9.53 Å². The topological polar surface area (TPSA) is 97.6 Å². The van der Waals surface area contributed by atoms with Crippen molar-refractivity contribution in [2.24, 2.45) is 5.92 Å². The largest absolute Gasteiger partial charge is 0.474 e. The number of carbonyl (C=O) groups excluding carboxylic acids is 1. The Morgan fingerprint density at radius 2 is 1.81 bits per heavy atom. The van der Waals surface area contributed by atoms with Crippen LogP contribution in [0.15, 0.2) is 30.3 Å². The Morgan fingerprint density at radius 3 is 2.56 bits per heavy atom. The summed E-state index contributed by atoms with van der Waals surface area (Å²) in [5.74, 6) is 1.31. The van der Waals surface area contributed by atoms with Crippen molar-refractivity contribution >= 4 is 22.9 Å². The van der Waals surface area contributed by atoms with Crippen molar-refractivity contribution in [3.05, 3.63) is 36.2 Å². The lowest BCUT2D eigenvalue weighted by Crippen LogP contribution is -2.46. The van der Waals surface area contributed by atoms with Crippen LogP contribution in [0.2, 0.25) is 0 Å². The molecular formula is C31H41F2N7O3. The van der Waals surface area contributed by atoms with Gasteiger partial charge in [0, 0.05) is 31.2 Å². The molecule has 0 spiro atoms. The molecule has 1 N–H and O–H groups in total. The van der Waals surface area contributed by atoms with Gasteiger partial charge in [-0.3, -0.25) is 14.3 Å². The molecule has 3 aromatic rings. The summed E-state index contributed by atoms with van der Waals surface area (Å²) < 4.78 is 41.6. The summed E-state index contributed by atoms with van der Waals surface area (Å²) >= 11 is 0. The summed E-state index contributed by atoms with van der Waals surface area (Å²) in [6, 6.07) is 9.25. The van der Waals surface area contributed by atoms with Crippen LogP contribution < -0.4 is 15.0 Å². The van der Waals surface area contributed by atoms with Crippen LogP contribution in [0.4, 0.5) is 14.7 Å². The van der Waals surface area contributed by atoms with E-state index in [-0.39, 0.29) is 29.7 Å². The zero-order valence-corrected chi connectivity index (χ0v) is 24.9. The number of likely N-dealkylation sites (tertiary alicyclic amines) is 1. The number of rotatable bonds is 9. The molecule has 1 aromatic carbocycles. The van der Waals surface area contributed by atoms with E-state index in [0.717, 1.165) is 45.1 Å². The fourth-order valence-corrected chi connectivity index (χ4v) is 6.67. The number of ether oxygens (including phenoxy) is 2. The average Bonchev–Trinajstić information content (AvgIpc) is 3.63. The standard InChI is InChI=1S/C31H41F2N7O3/c1-20(2)24-8-5-13-39(24)19-27(41)34-21-9-11-22(12-10-21)43-28-18-26(36-31(37-28)38-14-16-42-17-15-38)40-25-7-4-3-6-23(25)35-30(40)29(32)33/h3-4,6-7,18,20-22,24,29H,5,8-17,19H2,1-2H3,(H,34,41)/t21?,22?,24-/m0/s1. The molecule has 10 nitrogen and oxygen atoms in total. The molecule has 1 saturated carbocycles. The van der Waals surface area contributed by atoms with Gasteiger partial charge in [0.25, 0.3) is 6.43 Å². The van der Waals surface area contributed by atoms with Crippen molar-refractivity contribution in [2.45, 2.75) is 77.0 Å². The minimum absolute atomic E-state index is 0.0925. The molecule has 2 aromatic heterocycles. The number of hydrogen-bond donors (Lipinski definition) is 1. The zero-order valence-electron chi connectivity index (χ0n) is 24.9. The van der Waals surface area contributed by atoms with Crippen molar-refractivity contribution in [1.82, 2.24) is 29.7 Å². The molecule has 0 radical (unpaired) electrons. The van der Waals surface area contributed by atoms with Crippen LogP contribution in [0.5, 0.6) is 5.88 Å². The van der Waals surface area contributed by atoms with Gasteiger partial charge in [0.05, 0.1) is 30.8 Å². The molecule has 43 heavy (non-hydrogen) atoms. The van der Waals surface area contributed by atoms with Crippen molar-refractivity contribution in [2.75, 3.05) is 44.3 Å². The number of halogens is 2. The Bertz CT molecular complexity index is 1400. The SMILES string of the molecule is CC(C)[C@@H]1CCCN1CC(=O)NC1CCC(Oc2cc(-n3c(C(F)F)nc4ccccc43)nc(N3CCOCC3)n2)CC1. The normalized spacial score (nSPS) is 23.4. The molecule has 6 rings (SSSR count). The van der Waals surface area contributed by atoms with Gasteiger partial charge in [-0.05, 0) is 63.1 Å². The third-order valence-corrected chi connectivity index (χ3v) is 8.84. The molecular weight excluding hydrogens is 556 g/mol. The summed E-state index contributed by atoms with van der Waals surface area (Å²) in [5.41, 5.74) is 1.01. The number of para-hydroxylation sites is 2. The highest BCUT2D eigenvalue weighted by Crippen LogP contribution is 2.31. The molecule has 3 fully saturated rings. The zero-order chi connectivity index (χ0) is 29.9. The molecule has 0 unspecified atom stereocenters. The lowest BCUT2D eigenvalue weighted by Gasteiger charge is -2.31. The second-order valence-electron chi connectivity index (χ2n) is 12.1. The number of alkyl halides is 2. The second kappa shape index (κ2) is 13.1. The molecule has 0 bridgehead atoms. The first kappa shape index (κ1) is 29.7. The maximum absolute atomic E-state index is 14.2. The summed E-state index contributed by atoms with van der Waals surface area (Å²) in [4.78, 5) is 30.7. The Kier molecular flexibility index (Phi) is 9.03. The fraction of sp³-hybridized carbons (Fsp3) is 0.613. The van der Waals surface area contributed by atoms with Crippen molar-refractivity contribution < 1.29 is 23.0 Å². The van der Waals surface area contributed by atoms with Crippen molar-refractivity contribution in [3.8, 4) is 11.7 Å². The number of aromatic nitrogens is 4. The van der Waals surface area contributed by atoms with Crippen LogP contribution >= 0.6 is 0 Å². The van der Waals surface area contributed by atoms with Gasteiger partial charge in [-0.2, -0.15) is 9.97 Å². The predicted octanol–water partition coefficient (Wildman–Crippen LogP) is 4.52. The number of nitrogens with one attached hydrogen (secondary N) is 1. The lowest BCUT2D eigenvalue weighted by atomic mass is 9.93. The molecule has 4 heterocycles. The minimum atomic E-state index is -2.79. The van der Waals surface area contributed by atoms with E-state index in [9.17, 15) is 13.6 Å². The molecule has 3 aliphatic rings. The maximum Gasteiger partial charge on any atom is 0.296 e. The Balaban J connectivity index is 1.16. The van der Waals surface area contributed by atoms with Crippen molar-refractivity contribution in [3.63, 3.8) is 0 Å². The second-order valence-corrected chi connectivity index (χ2v) is 12.1. The third kappa shape index (κ3) is 6.75. The lowest BCUT2D eigenvalue weighted by molar-refractivity contribution is -0.123. The number of amides is 1. The summed E-state index contributed by atoms with van der Waals surface area (Å²) in [6.45, 7) is 8.14. The number of imidazole rings is 1. The highest BCUT2D eigenvalue weighted by atomic mass is 19.3. The molecule has 1 amide bonds. The van der Waals surface area contributed by atoms with Gasteiger partial charge >= 0.3 is 0 Å². The maximum atomic E-state index is 14.2. The van der Waals surface area contributed by atoms with E-state index in [1.54, 1.807) is 30.3 Å². The smallest absolute Gasteiger partial charge is 0.296 e. The number of morpholine rings is 1. The van der Waals surface area contributed by atoms with E-state index in [2.05, 4.69) is 29.0 Å². The molecule has 1 atom stereocenters. The third-order valence-electron chi connectivity index (χ3n) is 8.84. The number of anilines is 1. The van der Waals surface area contributed by atoms with Crippen LogP contribution in [0.1, 0.15) is 64.6 Å². The Hall–Kier alpha value is -3.38. The van der Waals surface area contributed by atoms with Gasteiger partial charge in [0.2, 0.25) is 17.7 Å². The molecule has 2 aliphatic heterocycles. The van der Waals surface area contributed by atoms with E-state index < -0.39 is 6.43 Å². The van der Waals surface area contributed by atoms with E-state index in [4.69, 9.17) is 19.4 Å². The molecule has 1 aliphatic carbocycles. The molecule has 12 heteroatoms. The summed E-state index contributed by atoms with van der Waals surface area (Å²) in [6.07, 6.45) is 2.54. The van der Waals surface area contributed by atoms with E-state index >= 15 is 0 Å². The number of benzene rings is 1. The number of nitrogens with zero attached hydrogens (tertiary/aromatic N) is 6. The number of hydrogen-bond acceptors (Lipinski definition) is 8. The quantitative estimate of drug-likeness (QED) is 0.385. The van der Waals surface area contributed by atoms with E-state index in [1.165, 1.54) is 4.57 Å². The van der Waals surface area contributed by atoms with Crippen LogP contribution in [0.3, 0.4) is 0 Å². The van der Waals surface area contributed by atoms with Gasteiger partial charge in [-0.25, -0.2) is 13.8 Å². The number of carbonyl (C=O) groups is 1. The van der Waals surface area contributed by atoms with E-state index in [0.29, 0.717) is 67.7 Å². The van der Waals surface area contributed by atoms with Gasteiger partial charge in [-0.1, -0.05) is 26.0 Å². The fourth-order valence-electron chi connectivity index (χ4n) is 6.67. The average molecular weight is 598 g/mol. The van der Waals surface area contributed by atoms with E-state index in [1.807, 2.05) is 4.90 Å². The van der Waals surface area contributed by atoms with Crippen LogP contribution in [0.25, 0.3) is 16.9 Å².